The van der Waals surface area contributed by atoms with Gasteiger partial charge in [-0.05, 0) is 31.6 Å². The van der Waals surface area contributed by atoms with Crippen LogP contribution in [0.25, 0.3) is 11.6 Å². The maximum Gasteiger partial charge on any atom is 0.339 e. The Balaban J connectivity index is 2.10. The summed E-state index contributed by atoms with van der Waals surface area (Å²) in [5.41, 5.74) is 1.63. The molecular weight excluding hydrogens is 384 g/mol. The molecule has 2 N–H and O–H groups in total. The van der Waals surface area contributed by atoms with Crippen molar-refractivity contribution in [2.24, 2.45) is 0 Å². The molecule has 0 aliphatic carbocycles. The van der Waals surface area contributed by atoms with E-state index in [0.29, 0.717) is 16.9 Å². The number of amides is 2. The van der Waals surface area contributed by atoms with Crippen molar-refractivity contribution in [2.45, 2.75) is 19.9 Å². The van der Waals surface area contributed by atoms with E-state index in [-0.39, 0.29) is 24.1 Å². The summed E-state index contributed by atoms with van der Waals surface area (Å²) in [4.78, 5) is 36.3. The van der Waals surface area contributed by atoms with Gasteiger partial charge in [0.1, 0.15) is 5.75 Å². The molecule has 2 amide bonds. The predicted molar refractivity (Wildman–Crippen MR) is 115 cm³/mol. The quantitative estimate of drug-likeness (QED) is 0.376. The Labute approximate surface area is 176 Å². The third-order valence-corrected chi connectivity index (χ3v) is 3.97. The lowest BCUT2D eigenvalue weighted by atomic mass is 10.0. The summed E-state index contributed by atoms with van der Waals surface area (Å²) in [6, 6.07) is 16.2. The number of benzene rings is 2. The van der Waals surface area contributed by atoms with Gasteiger partial charge in [0.2, 0.25) is 5.91 Å². The van der Waals surface area contributed by atoms with Crippen LogP contribution in [0.2, 0.25) is 0 Å². The molecule has 2 aromatic rings. The van der Waals surface area contributed by atoms with Crippen molar-refractivity contribution in [2.75, 3.05) is 20.3 Å². The van der Waals surface area contributed by atoms with Crippen LogP contribution in [0.1, 0.15) is 25.0 Å². The number of nitrogens with one attached hydrogen (secondary N) is 2. The van der Waals surface area contributed by atoms with E-state index in [4.69, 9.17) is 9.47 Å². The first-order valence-corrected chi connectivity index (χ1v) is 9.54. The molecule has 0 saturated heterocycles. The van der Waals surface area contributed by atoms with E-state index in [1.807, 2.05) is 38.1 Å². The molecule has 0 radical (unpaired) electrons. The molecule has 2 rings (SSSR count). The maximum atomic E-state index is 12.7. The number of methoxy groups -OCH3 is 1. The van der Waals surface area contributed by atoms with E-state index >= 15 is 0 Å². The first kappa shape index (κ1) is 22.7. The van der Waals surface area contributed by atoms with E-state index in [2.05, 4.69) is 10.6 Å². The van der Waals surface area contributed by atoms with Crippen molar-refractivity contribution in [3.63, 3.8) is 0 Å². The van der Waals surface area contributed by atoms with E-state index in [9.17, 15) is 14.4 Å². The zero-order valence-corrected chi connectivity index (χ0v) is 17.3. The Morgan fingerprint density at radius 1 is 0.967 bits per heavy atom. The lowest BCUT2D eigenvalue weighted by molar-refractivity contribution is -0.143. The average Bonchev–Trinajstić information content (AvgIpc) is 2.74. The fourth-order valence-electron chi connectivity index (χ4n) is 2.63. The molecule has 0 heterocycles. The molecule has 2 aromatic carbocycles. The highest BCUT2D eigenvalue weighted by atomic mass is 16.5. The van der Waals surface area contributed by atoms with Crippen molar-refractivity contribution in [3.05, 3.63) is 65.7 Å². The van der Waals surface area contributed by atoms with Crippen molar-refractivity contribution >= 4 is 29.4 Å². The van der Waals surface area contributed by atoms with Gasteiger partial charge in [0.25, 0.3) is 5.91 Å². The summed E-state index contributed by atoms with van der Waals surface area (Å²) in [5, 5.41) is 5.08. The molecule has 0 aliphatic rings. The van der Waals surface area contributed by atoms with Crippen LogP contribution in [0.4, 0.5) is 0 Å². The summed E-state index contributed by atoms with van der Waals surface area (Å²) in [6.07, 6.45) is 1.66. The third-order valence-electron chi connectivity index (χ3n) is 3.97. The number of para-hydroxylation sites is 1. The second-order valence-electron chi connectivity index (χ2n) is 6.74. The van der Waals surface area contributed by atoms with Crippen molar-refractivity contribution in [1.82, 2.24) is 10.6 Å². The van der Waals surface area contributed by atoms with Crippen LogP contribution in [0, 0.1) is 0 Å². The van der Waals surface area contributed by atoms with Gasteiger partial charge >= 0.3 is 5.97 Å². The summed E-state index contributed by atoms with van der Waals surface area (Å²) >= 11 is 0. The molecular formula is C23H26N2O5. The van der Waals surface area contributed by atoms with Crippen LogP contribution in [0.5, 0.6) is 5.75 Å². The predicted octanol–water partition coefficient (Wildman–Crippen LogP) is 2.42. The molecule has 0 spiro atoms. The third kappa shape index (κ3) is 7.09. The van der Waals surface area contributed by atoms with Gasteiger partial charge in [0.15, 0.2) is 6.61 Å². The van der Waals surface area contributed by atoms with E-state index in [0.717, 1.165) is 0 Å². The zero-order chi connectivity index (χ0) is 21.9. The first-order chi connectivity index (χ1) is 14.4. The van der Waals surface area contributed by atoms with Crippen LogP contribution < -0.4 is 15.4 Å². The van der Waals surface area contributed by atoms with Gasteiger partial charge in [-0.1, -0.05) is 48.5 Å². The summed E-state index contributed by atoms with van der Waals surface area (Å²) in [6.45, 7) is 2.96. The molecule has 7 nitrogen and oxygen atoms in total. The normalized spacial score (nSPS) is 11.0. The molecule has 0 unspecified atom stereocenters. The number of hydrogen-bond donors (Lipinski definition) is 2. The van der Waals surface area contributed by atoms with E-state index in [1.54, 1.807) is 43.5 Å². The highest BCUT2D eigenvalue weighted by Crippen LogP contribution is 2.25. The largest absolute Gasteiger partial charge is 0.496 e. The van der Waals surface area contributed by atoms with Gasteiger partial charge < -0.3 is 20.1 Å². The SMILES string of the molecule is COc1ccccc1/C=C(/C(=O)OCC(=O)NCC(=O)NC(C)C)c1ccccc1. The van der Waals surface area contributed by atoms with Crippen molar-refractivity contribution in [3.8, 4) is 5.75 Å². The van der Waals surface area contributed by atoms with Gasteiger partial charge in [0, 0.05) is 11.6 Å². The van der Waals surface area contributed by atoms with Gasteiger partial charge in [-0.15, -0.1) is 0 Å². The van der Waals surface area contributed by atoms with Crippen LogP contribution in [0.3, 0.4) is 0 Å². The number of hydrogen-bond acceptors (Lipinski definition) is 5. The number of esters is 1. The van der Waals surface area contributed by atoms with Gasteiger partial charge in [-0.2, -0.15) is 0 Å². The van der Waals surface area contributed by atoms with Gasteiger partial charge in [0.05, 0.1) is 19.2 Å². The fraction of sp³-hybridized carbons (Fsp3) is 0.261. The lowest BCUT2D eigenvalue weighted by Gasteiger charge is -2.11. The fourth-order valence-corrected chi connectivity index (χ4v) is 2.63. The molecule has 0 fully saturated rings. The first-order valence-electron chi connectivity index (χ1n) is 9.54. The minimum atomic E-state index is -0.658. The number of carbonyl (C=O) groups is 3. The summed E-state index contributed by atoms with van der Waals surface area (Å²) in [7, 11) is 1.55. The summed E-state index contributed by atoms with van der Waals surface area (Å²) in [5.74, 6) is -0.931. The highest BCUT2D eigenvalue weighted by molar-refractivity contribution is 6.22. The maximum absolute atomic E-state index is 12.7. The lowest BCUT2D eigenvalue weighted by Crippen LogP contribution is -2.41. The molecule has 0 saturated carbocycles. The number of carbonyl (C=O) groups excluding carboxylic acids is 3. The average molecular weight is 410 g/mol. The molecule has 7 heteroatoms. The van der Waals surface area contributed by atoms with Gasteiger partial charge in [-0.25, -0.2) is 4.79 Å². The summed E-state index contributed by atoms with van der Waals surface area (Å²) < 4.78 is 10.5. The van der Waals surface area contributed by atoms with E-state index < -0.39 is 18.5 Å². The monoisotopic (exact) mass is 410 g/mol. The molecule has 0 aromatic heterocycles. The number of ether oxygens (including phenoxy) is 2. The minimum absolute atomic E-state index is 0.0271. The number of rotatable bonds is 9. The Morgan fingerprint density at radius 2 is 1.63 bits per heavy atom. The molecule has 0 bridgehead atoms. The smallest absolute Gasteiger partial charge is 0.339 e. The molecule has 30 heavy (non-hydrogen) atoms. The van der Waals surface area contributed by atoms with Gasteiger partial charge in [-0.3, -0.25) is 9.59 Å². The van der Waals surface area contributed by atoms with Crippen LogP contribution >= 0.6 is 0 Å². The van der Waals surface area contributed by atoms with Crippen molar-refractivity contribution in [1.29, 1.82) is 0 Å². The van der Waals surface area contributed by atoms with Crippen LogP contribution in [-0.4, -0.2) is 44.1 Å². The molecule has 0 aliphatic heterocycles. The zero-order valence-electron chi connectivity index (χ0n) is 17.3. The second-order valence-corrected chi connectivity index (χ2v) is 6.74. The van der Waals surface area contributed by atoms with E-state index in [1.165, 1.54) is 0 Å². The minimum Gasteiger partial charge on any atom is -0.496 e. The molecule has 158 valence electrons. The topological polar surface area (TPSA) is 93.7 Å². The Kier molecular flexibility index (Phi) is 8.62. The second kappa shape index (κ2) is 11.4. The molecule has 0 atom stereocenters. The van der Waals surface area contributed by atoms with Crippen LogP contribution in [-0.2, 0) is 19.1 Å². The highest BCUT2D eigenvalue weighted by Gasteiger charge is 2.17. The Hall–Kier alpha value is -3.61. The Bertz CT molecular complexity index is 907. The van der Waals surface area contributed by atoms with Crippen molar-refractivity contribution < 1.29 is 23.9 Å². The van der Waals surface area contributed by atoms with Crippen LogP contribution in [0.15, 0.2) is 54.6 Å². The Morgan fingerprint density at radius 3 is 2.30 bits per heavy atom. The standard InChI is InChI=1S/C23H26N2O5/c1-16(2)25-21(26)14-24-22(27)15-30-23(28)19(17-9-5-4-6-10-17)13-18-11-7-8-12-20(18)29-3/h4-13,16H,14-15H2,1-3H3,(H,24,27)(H,25,26)/b19-13+.